The first-order valence-corrected chi connectivity index (χ1v) is 6.43. The zero-order chi connectivity index (χ0) is 14.0. The molecular formula is C14H13BrN2O2. The first-order chi connectivity index (χ1) is 8.99. The number of nitrogens with one attached hydrogen (secondary N) is 1. The Morgan fingerprint density at radius 3 is 2.68 bits per heavy atom. The summed E-state index contributed by atoms with van der Waals surface area (Å²) in [6.45, 7) is 1.97. The first-order valence-electron chi connectivity index (χ1n) is 5.64. The summed E-state index contributed by atoms with van der Waals surface area (Å²) >= 11 is 3.48. The SMILES string of the molecule is Cc1cccc(Nc2ccc(N)cc2C(=O)O)c1Br. The van der Waals surface area contributed by atoms with Crippen LogP contribution in [0.3, 0.4) is 0 Å². The largest absolute Gasteiger partial charge is 0.478 e. The molecule has 0 amide bonds. The molecule has 0 aromatic heterocycles. The third kappa shape index (κ3) is 2.88. The summed E-state index contributed by atoms with van der Waals surface area (Å²) < 4.78 is 0.906. The Kier molecular flexibility index (Phi) is 3.76. The molecule has 0 bridgehead atoms. The van der Waals surface area contributed by atoms with Crippen molar-refractivity contribution in [2.45, 2.75) is 6.92 Å². The van der Waals surface area contributed by atoms with Gasteiger partial charge >= 0.3 is 5.97 Å². The summed E-state index contributed by atoms with van der Waals surface area (Å²) in [5.41, 5.74) is 8.57. The topological polar surface area (TPSA) is 75.3 Å². The molecule has 0 radical (unpaired) electrons. The average Bonchev–Trinajstić information content (AvgIpc) is 2.36. The average molecular weight is 321 g/mol. The van der Waals surface area contributed by atoms with Crippen LogP contribution in [0.1, 0.15) is 15.9 Å². The van der Waals surface area contributed by atoms with Crippen molar-refractivity contribution in [1.82, 2.24) is 0 Å². The summed E-state index contributed by atoms with van der Waals surface area (Å²) in [4.78, 5) is 11.2. The van der Waals surface area contributed by atoms with Crippen LogP contribution in [-0.2, 0) is 0 Å². The number of halogens is 1. The highest BCUT2D eigenvalue weighted by Crippen LogP contribution is 2.30. The fraction of sp³-hybridized carbons (Fsp3) is 0.0714. The minimum absolute atomic E-state index is 0.147. The van der Waals surface area contributed by atoms with Crippen LogP contribution < -0.4 is 11.1 Å². The molecule has 0 unspecified atom stereocenters. The summed E-state index contributed by atoms with van der Waals surface area (Å²) in [5, 5.41) is 12.3. The van der Waals surface area contributed by atoms with E-state index in [1.165, 1.54) is 6.07 Å². The Hall–Kier alpha value is -2.01. The lowest BCUT2D eigenvalue weighted by Gasteiger charge is -2.13. The van der Waals surface area contributed by atoms with Gasteiger partial charge in [0.1, 0.15) is 0 Å². The van der Waals surface area contributed by atoms with E-state index in [4.69, 9.17) is 5.73 Å². The van der Waals surface area contributed by atoms with Gasteiger partial charge in [0.05, 0.1) is 16.9 Å². The molecule has 0 atom stereocenters. The Bertz CT molecular complexity index is 641. The second-order valence-corrected chi connectivity index (χ2v) is 4.96. The van der Waals surface area contributed by atoms with Crippen molar-refractivity contribution in [2.24, 2.45) is 0 Å². The van der Waals surface area contributed by atoms with Gasteiger partial charge in [-0.25, -0.2) is 4.79 Å². The van der Waals surface area contributed by atoms with Crippen molar-refractivity contribution in [3.63, 3.8) is 0 Å². The number of aromatic carboxylic acids is 1. The lowest BCUT2D eigenvalue weighted by Crippen LogP contribution is -2.04. The molecule has 2 aromatic rings. The fourth-order valence-corrected chi connectivity index (χ4v) is 2.10. The van der Waals surface area contributed by atoms with Gasteiger partial charge in [0.25, 0.3) is 0 Å². The third-order valence-corrected chi connectivity index (χ3v) is 3.79. The lowest BCUT2D eigenvalue weighted by atomic mass is 10.1. The number of carbonyl (C=O) groups is 1. The number of rotatable bonds is 3. The predicted octanol–water partition coefficient (Wildman–Crippen LogP) is 3.78. The van der Waals surface area contributed by atoms with E-state index in [9.17, 15) is 9.90 Å². The summed E-state index contributed by atoms with van der Waals surface area (Å²) in [7, 11) is 0. The molecule has 0 heterocycles. The van der Waals surface area contributed by atoms with Gasteiger partial charge in [0.15, 0.2) is 0 Å². The number of hydrogen-bond acceptors (Lipinski definition) is 3. The number of carboxylic acids is 1. The maximum Gasteiger partial charge on any atom is 0.337 e. The quantitative estimate of drug-likeness (QED) is 0.752. The number of benzene rings is 2. The molecule has 0 aliphatic rings. The second kappa shape index (κ2) is 5.32. The predicted molar refractivity (Wildman–Crippen MR) is 80.0 cm³/mol. The van der Waals surface area contributed by atoms with Crippen molar-refractivity contribution in [2.75, 3.05) is 11.1 Å². The van der Waals surface area contributed by atoms with Gasteiger partial charge in [0, 0.05) is 10.2 Å². The van der Waals surface area contributed by atoms with Gasteiger partial charge in [-0.05, 0) is 52.7 Å². The zero-order valence-corrected chi connectivity index (χ0v) is 11.9. The van der Waals surface area contributed by atoms with E-state index in [-0.39, 0.29) is 5.56 Å². The number of carboxylic acid groups (broad SMARTS) is 1. The van der Waals surface area contributed by atoms with Crippen molar-refractivity contribution in [1.29, 1.82) is 0 Å². The monoisotopic (exact) mass is 320 g/mol. The van der Waals surface area contributed by atoms with E-state index in [0.29, 0.717) is 11.4 Å². The molecule has 5 heteroatoms. The molecule has 0 saturated carbocycles. The van der Waals surface area contributed by atoms with Crippen LogP contribution in [0.5, 0.6) is 0 Å². The molecule has 19 heavy (non-hydrogen) atoms. The van der Waals surface area contributed by atoms with Crippen LogP contribution in [0.4, 0.5) is 17.1 Å². The number of nitrogen functional groups attached to an aromatic ring is 1. The van der Waals surface area contributed by atoms with Crippen LogP contribution >= 0.6 is 15.9 Å². The molecule has 0 fully saturated rings. The smallest absolute Gasteiger partial charge is 0.337 e. The Balaban J connectivity index is 2.44. The van der Waals surface area contributed by atoms with Crippen LogP contribution in [0, 0.1) is 6.92 Å². The molecule has 0 aliphatic carbocycles. The van der Waals surface area contributed by atoms with Crippen LogP contribution in [0.25, 0.3) is 0 Å². The minimum atomic E-state index is -1.02. The van der Waals surface area contributed by atoms with Crippen LogP contribution in [0.15, 0.2) is 40.9 Å². The Labute approximate surface area is 119 Å². The summed E-state index contributed by atoms with van der Waals surface area (Å²) in [6, 6.07) is 10.5. The van der Waals surface area contributed by atoms with Crippen molar-refractivity contribution in [3.05, 3.63) is 52.0 Å². The highest BCUT2D eigenvalue weighted by molar-refractivity contribution is 9.10. The number of anilines is 3. The molecule has 4 nitrogen and oxygen atoms in total. The highest BCUT2D eigenvalue weighted by atomic mass is 79.9. The Morgan fingerprint density at radius 2 is 2.00 bits per heavy atom. The molecule has 4 N–H and O–H groups in total. The first kappa shape index (κ1) is 13.4. The van der Waals surface area contributed by atoms with E-state index < -0.39 is 5.97 Å². The summed E-state index contributed by atoms with van der Waals surface area (Å²) in [6.07, 6.45) is 0. The number of hydrogen-bond donors (Lipinski definition) is 3. The van der Waals surface area contributed by atoms with E-state index in [0.717, 1.165) is 15.7 Å². The second-order valence-electron chi connectivity index (χ2n) is 4.17. The van der Waals surface area contributed by atoms with Gasteiger partial charge in [-0.3, -0.25) is 0 Å². The van der Waals surface area contributed by atoms with E-state index in [2.05, 4.69) is 21.2 Å². The van der Waals surface area contributed by atoms with Gasteiger partial charge in [0.2, 0.25) is 0 Å². The van der Waals surface area contributed by atoms with E-state index in [1.807, 2.05) is 25.1 Å². The van der Waals surface area contributed by atoms with Gasteiger partial charge in [-0.1, -0.05) is 12.1 Å². The third-order valence-electron chi connectivity index (χ3n) is 2.74. The zero-order valence-electron chi connectivity index (χ0n) is 10.3. The van der Waals surface area contributed by atoms with Gasteiger partial charge in [-0.2, -0.15) is 0 Å². The number of nitrogens with two attached hydrogens (primary N) is 1. The molecule has 0 aliphatic heterocycles. The molecule has 2 aromatic carbocycles. The maximum absolute atomic E-state index is 11.2. The number of aryl methyl sites for hydroxylation is 1. The molecule has 2 rings (SSSR count). The fourth-order valence-electron chi connectivity index (χ4n) is 1.74. The van der Waals surface area contributed by atoms with Crippen molar-refractivity contribution in [3.8, 4) is 0 Å². The van der Waals surface area contributed by atoms with Gasteiger partial charge < -0.3 is 16.2 Å². The van der Waals surface area contributed by atoms with Crippen molar-refractivity contribution < 1.29 is 9.90 Å². The highest BCUT2D eigenvalue weighted by Gasteiger charge is 2.12. The molecule has 0 saturated heterocycles. The normalized spacial score (nSPS) is 10.2. The summed E-state index contributed by atoms with van der Waals surface area (Å²) in [5.74, 6) is -1.02. The van der Waals surface area contributed by atoms with E-state index in [1.54, 1.807) is 12.1 Å². The molecular weight excluding hydrogens is 308 g/mol. The standard InChI is InChI=1S/C14H13BrN2O2/c1-8-3-2-4-12(13(8)15)17-11-6-5-9(16)7-10(11)14(18)19/h2-7,17H,16H2,1H3,(H,18,19). The van der Waals surface area contributed by atoms with Crippen LogP contribution in [-0.4, -0.2) is 11.1 Å². The Morgan fingerprint density at radius 1 is 1.26 bits per heavy atom. The molecule has 0 spiro atoms. The lowest BCUT2D eigenvalue weighted by molar-refractivity contribution is 0.0698. The molecule has 98 valence electrons. The van der Waals surface area contributed by atoms with Crippen molar-refractivity contribution >= 4 is 39.0 Å². The van der Waals surface area contributed by atoms with E-state index >= 15 is 0 Å². The van der Waals surface area contributed by atoms with Crippen LogP contribution in [0.2, 0.25) is 0 Å². The minimum Gasteiger partial charge on any atom is -0.478 e. The van der Waals surface area contributed by atoms with Gasteiger partial charge in [-0.15, -0.1) is 0 Å². The maximum atomic E-state index is 11.2.